The monoisotopic (exact) mass is 313 g/mol. The molecule has 1 aromatic heterocycles. The number of alkyl halides is 3. The number of allylic oxidation sites excluding steroid dienone is 1. The van der Waals surface area contributed by atoms with Crippen molar-refractivity contribution in [3.05, 3.63) is 36.7 Å². The molecule has 0 bridgehead atoms. The molecule has 0 aromatic carbocycles. The first kappa shape index (κ1) is 16.0. The second-order valence-electron chi connectivity index (χ2n) is 4.78. The molecule has 2 rings (SSSR count). The minimum Gasteiger partial charge on any atom is -0.365 e. The molecule has 0 spiro atoms. The van der Waals surface area contributed by atoms with Crippen LogP contribution in [0.2, 0.25) is 0 Å². The molecule has 1 atom stereocenters. The standard InChI is InChI=1S/C14H14F3N3O2/c15-14(16,17)11(21)6-9-20-8-3-4-10(20)13(22)19-12-5-1-2-7-18-12/h1-2,5-7,9-10H,3-4,8H2,(H,18,19,22). The number of hydrogen-bond donors (Lipinski definition) is 1. The summed E-state index contributed by atoms with van der Waals surface area (Å²) < 4.78 is 36.5. The van der Waals surface area contributed by atoms with E-state index in [-0.39, 0.29) is 5.91 Å². The van der Waals surface area contributed by atoms with Crippen LogP contribution in [-0.2, 0) is 9.59 Å². The highest BCUT2D eigenvalue weighted by molar-refractivity contribution is 5.95. The molecule has 1 fully saturated rings. The fourth-order valence-corrected chi connectivity index (χ4v) is 2.15. The van der Waals surface area contributed by atoms with Gasteiger partial charge in [-0.05, 0) is 25.0 Å². The topological polar surface area (TPSA) is 62.3 Å². The Kier molecular flexibility index (Phi) is 4.79. The summed E-state index contributed by atoms with van der Waals surface area (Å²) in [5.74, 6) is -1.93. The predicted octanol–water partition coefficient (Wildman–Crippen LogP) is 2.13. The minimum absolute atomic E-state index is 0.361. The fourth-order valence-electron chi connectivity index (χ4n) is 2.15. The van der Waals surface area contributed by atoms with Crippen LogP contribution in [0.1, 0.15) is 12.8 Å². The summed E-state index contributed by atoms with van der Waals surface area (Å²) in [6.45, 7) is 0.419. The molecule has 118 valence electrons. The van der Waals surface area contributed by atoms with E-state index >= 15 is 0 Å². The first-order valence-corrected chi connectivity index (χ1v) is 6.65. The number of nitrogens with one attached hydrogen (secondary N) is 1. The van der Waals surface area contributed by atoms with Gasteiger partial charge in [-0.15, -0.1) is 0 Å². The molecule has 1 aliphatic heterocycles. The second-order valence-corrected chi connectivity index (χ2v) is 4.78. The van der Waals surface area contributed by atoms with Crippen LogP contribution < -0.4 is 5.32 Å². The number of ketones is 1. The van der Waals surface area contributed by atoms with Crippen molar-refractivity contribution in [3.63, 3.8) is 0 Å². The highest BCUT2D eigenvalue weighted by atomic mass is 19.4. The number of likely N-dealkylation sites (tertiary alicyclic amines) is 1. The number of amides is 1. The van der Waals surface area contributed by atoms with Crippen molar-refractivity contribution in [2.75, 3.05) is 11.9 Å². The molecule has 0 radical (unpaired) electrons. The van der Waals surface area contributed by atoms with E-state index in [1.165, 1.54) is 11.1 Å². The van der Waals surface area contributed by atoms with Crippen molar-refractivity contribution < 1.29 is 22.8 Å². The number of aromatic nitrogens is 1. The molecule has 1 N–H and O–H groups in total. The van der Waals surface area contributed by atoms with Gasteiger partial charge in [0.25, 0.3) is 5.78 Å². The van der Waals surface area contributed by atoms with Gasteiger partial charge in [0, 0.05) is 25.0 Å². The van der Waals surface area contributed by atoms with Crippen LogP contribution in [0.15, 0.2) is 36.7 Å². The van der Waals surface area contributed by atoms with Crippen LogP contribution in [0.4, 0.5) is 19.0 Å². The van der Waals surface area contributed by atoms with Gasteiger partial charge in [0.15, 0.2) is 0 Å². The molecule has 1 aromatic rings. The highest BCUT2D eigenvalue weighted by Gasteiger charge is 2.37. The van der Waals surface area contributed by atoms with Crippen molar-refractivity contribution in [2.45, 2.75) is 25.1 Å². The van der Waals surface area contributed by atoms with Crippen LogP contribution in [0.3, 0.4) is 0 Å². The number of pyridine rings is 1. The van der Waals surface area contributed by atoms with Crippen molar-refractivity contribution in [3.8, 4) is 0 Å². The Balaban J connectivity index is 2.00. The van der Waals surface area contributed by atoms with Crippen molar-refractivity contribution in [2.24, 2.45) is 0 Å². The molecule has 8 heteroatoms. The second kappa shape index (κ2) is 6.59. The Morgan fingerprint density at radius 3 is 2.77 bits per heavy atom. The maximum absolute atomic E-state index is 12.2. The van der Waals surface area contributed by atoms with Gasteiger partial charge in [-0.25, -0.2) is 4.98 Å². The van der Waals surface area contributed by atoms with Crippen molar-refractivity contribution in [1.29, 1.82) is 0 Å². The summed E-state index contributed by atoms with van der Waals surface area (Å²) in [4.78, 5) is 28.4. The SMILES string of the molecule is O=C(Nc1ccccn1)C1CCCN1C=CC(=O)C(F)(F)F. The molecular formula is C14H14F3N3O2. The third kappa shape index (κ3) is 4.06. The Labute approximate surface area is 124 Å². The zero-order chi connectivity index (χ0) is 16.2. The zero-order valence-corrected chi connectivity index (χ0v) is 11.5. The molecule has 1 amide bonds. The summed E-state index contributed by atoms with van der Waals surface area (Å²) in [5, 5.41) is 2.60. The van der Waals surface area contributed by atoms with Crippen molar-refractivity contribution in [1.82, 2.24) is 9.88 Å². The Morgan fingerprint density at radius 1 is 1.36 bits per heavy atom. The van der Waals surface area contributed by atoms with Gasteiger partial charge in [-0.3, -0.25) is 9.59 Å². The van der Waals surface area contributed by atoms with E-state index in [1.807, 2.05) is 0 Å². The normalized spacial score (nSPS) is 18.7. The van der Waals surface area contributed by atoms with E-state index in [1.54, 1.807) is 18.2 Å². The lowest BCUT2D eigenvalue weighted by molar-refractivity contribution is -0.165. The molecule has 0 aliphatic carbocycles. The number of carbonyl (C=O) groups is 2. The largest absolute Gasteiger partial charge is 0.454 e. The maximum Gasteiger partial charge on any atom is 0.454 e. The van der Waals surface area contributed by atoms with E-state index in [2.05, 4.69) is 10.3 Å². The van der Waals surface area contributed by atoms with E-state index < -0.39 is 18.0 Å². The number of carbonyl (C=O) groups excluding carboxylic acids is 2. The molecule has 1 aliphatic rings. The summed E-state index contributed by atoms with van der Waals surface area (Å²) in [6, 6.07) is 4.40. The van der Waals surface area contributed by atoms with Crippen LogP contribution in [-0.4, -0.2) is 40.3 Å². The molecule has 5 nitrogen and oxygen atoms in total. The number of nitrogens with zero attached hydrogens (tertiary/aromatic N) is 2. The molecule has 1 saturated heterocycles. The van der Waals surface area contributed by atoms with Gasteiger partial charge in [0.2, 0.25) is 5.91 Å². The lowest BCUT2D eigenvalue weighted by Gasteiger charge is -2.21. The van der Waals surface area contributed by atoms with Gasteiger partial charge in [-0.1, -0.05) is 6.07 Å². The lowest BCUT2D eigenvalue weighted by atomic mass is 10.2. The van der Waals surface area contributed by atoms with E-state index in [0.29, 0.717) is 31.3 Å². The number of halogens is 3. The smallest absolute Gasteiger partial charge is 0.365 e. The van der Waals surface area contributed by atoms with E-state index in [9.17, 15) is 22.8 Å². The third-order valence-corrected chi connectivity index (χ3v) is 3.21. The Bertz CT molecular complexity index is 572. The minimum atomic E-state index is -4.90. The lowest BCUT2D eigenvalue weighted by Crippen LogP contribution is -2.37. The predicted molar refractivity (Wildman–Crippen MR) is 72.8 cm³/mol. The number of anilines is 1. The Hall–Kier alpha value is -2.38. The quantitative estimate of drug-likeness (QED) is 0.865. The summed E-state index contributed by atoms with van der Waals surface area (Å²) in [5.41, 5.74) is 0. The van der Waals surface area contributed by atoms with Crippen LogP contribution in [0.25, 0.3) is 0 Å². The zero-order valence-electron chi connectivity index (χ0n) is 11.5. The van der Waals surface area contributed by atoms with Gasteiger partial charge in [0.05, 0.1) is 0 Å². The van der Waals surface area contributed by atoms with Gasteiger partial charge in [0.1, 0.15) is 11.9 Å². The molecule has 0 saturated carbocycles. The van der Waals surface area contributed by atoms with Crippen LogP contribution in [0.5, 0.6) is 0 Å². The van der Waals surface area contributed by atoms with E-state index in [4.69, 9.17) is 0 Å². The summed E-state index contributed by atoms with van der Waals surface area (Å²) in [7, 11) is 0. The van der Waals surface area contributed by atoms with Crippen LogP contribution >= 0.6 is 0 Å². The third-order valence-electron chi connectivity index (χ3n) is 3.21. The first-order valence-electron chi connectivity index (χ1n) is 6.65. The van der Waals surface area contributed by atoms with Crippen LogP contribution in [0, 0.1) is 0 Å². The van der Waals surface area contributed by atoms with Gasteiger partial charge >= 0.3 is 6.18 Å². The first-order chi connectivity index (χ1) is 10.4. The molecule has 22 heavy (non-hydrogen) atoms. The number of hydrogen-bond acceptors (Lipinski definition) is 4. The average molecular weight is 313 g/mol. The highest BCUT2D eigenvalue weighted by Crippen LogP contribution is 2.21. The molecule has 1 unspecified atom stereocenters. The average Bonchev–Trinajstić information content (AvgIpc) is 2.93. The van der Waals surface area contributed by atoms with Gasteiger partial charge in [-0.2, -0.15) is 13.2 Å². The van der Waals surface area contributed by atoms with Gasteiger partial charge < -0.3 is 10.2 Å². The maximum atomic E-state index is 12.2. The molecular weight excluding hydrogens is 299 g/mol. The summed E-state index contributed by atoms with van der Waals surface area (Å²) in [6.07, 6.45) is -0.738. The summed E-state index contributed by atoms with van der Waals surface area (Å²) >= 11 is 0. The Morgan fingerprint density at radius 2 is 2.14 bits per heavy atom. The van der Waals surface area contributed by atoms with Crippen molar-refractivity contribution >= 4 is 17.5 Å². The van der Waals surface area contributed by atoms with E-state index in [0.717, 1.165) is 6.20 Å². The fraction of sp³-hybridized carbons (Fsp3) is 0.357. The molecule has 2 heterocycles. The number of rotatable bonds is 4.